The summed E-state index contributed by atoms with van der Waals surface area (Å²) in [6.45, 7) is 0. The Morgan fingerprint density at radius 3 is 1.81 bits per heavy atom. The number of halogens is 9. The van der Waals surface area contributed by atoms with E-state index in [4.69, 9.17) is 0 Å². The van der Waals surface area contributed by atoms with Crippen molar-refractivity contribution in [2.75, 3.05) is 5.32 Å². The van der Waals surface area contributed by atoms with Crippen molar-refractivity contribution in [1.82, 2.24) is 0 Å². The van der Waals surface area contributed by atoms with Gasteiger partial charge in [0, 0.05) is 3.57 Å². The molecule has 162 valence electrons. The third-order valence-electron chi connectivity index (χ3n) is 4.10. The van der Waals surface area contributed by atoms with Crippen molar-refractivity contribution in [3.63, 3.8) is 0 Å². The van der Waals surface area contributed by atoms with Crippen LogP contribution in [-0.4, -0.2) is 11.1 Å². The van der Waals surface area contributed by atoms with E-state index in [-0.39, 0.29) is 6.07 Å². The number of carboxylic acid groups (broad SMARTS) is 1. The largest absolute Gasteiger partial charge is 0.478 e. The number of benzene rings is 3. The van der Waals surface area contributed by atoms with E-state index in [0.717, 1.165) is 12.1 Å². The van der Waals surface area contributed by atoms with E-state index in [1.807, 2.05) is 0 Å². The Kier molecular flexibility index (Phi) is 6.11. The summed E-state index contributed by atoms with van der Waals surface area (Å²) < 4.78 is 113. The standard InChI is InChI=1S/C19H6F8INO2/c20-7-3-5(28)1-2-9(7)29-18-6(19(30)31)4-8(21)12(22)11(18)10-13(23)15(25)17(27)16(26)14(10)24/h1-4,29H,(H,30,31). The summed E-state index contributed by atoms with van der Waals surface area (Å²) in [5, 5.41) is 11.4. The van der Waals surface area contributed by atoms with E-state index in [1.54, 1.807) is 22.6 Å². The van der Waals surface area contributed by atoms with Gasteiger partial charge in [0.15, 0.2) is 34.9 Å². The fraction of sp³-hybridized carbons (Fsp3) is 0. The van der Waals surface area contributed by atoms with Crippen LogP contribution in [0.15, 0.2) is 24.3 Å². The van der Waals surface area contributed by atoms with E-state index in [9.17, 15) is 45.0 Å². The Morgan fingerprint density at radius 1 is 0.742 bits per heavy atom. The van der Waals surface area contributed by atoms with E-state index < -0.39 is 80.6 Å². The molecule has 3 rings (SSSR count). The number of hydrogen-bond donors (Lipinski definition) is 2. The maximum Gasteiger partial charge on any atom is 0.337 e. The third kappa shape index (κ3) is 3.91. The molecule has 0 unspecified atom stereocenters. The first-order valence-electron chi connectivity index (χ1n) is 7.94. The van der Waals surface area contributed by atoms with E-state index in [1.165, 1.54) is 6.07 Å². The second kappa shape index (κ2) is 8.32. The maximum atomic E-state index is 14.6. The van der Waals surface area contributed by atoms with Crippen LogP contribution in [0.5, 0.6) is 0 Å². The SMILES string of the molecule is O=C(O)c1cc(F)c(F)c(-c2c(F)c(F)c(F)c(F)c2F)c1Nc1ccc(I)cc1F. The highest BCUT2D eigenvalue weighted by Crippen LogP contribution is 2.41. The van der Waals surface area contributed by atoms with E-state index >= 15 is 0 Å². The molecule has 3 nitrogen and oxygen atoms in total. The van der Waals surface area contributed by atoms with Crippen LogP contribution >= 0.6 is 22.6 Å². The molecule has 0 aliphatic carbocycles. The van der Waals surface area contributed by atoms with Crippen LogP contribution in [-0.2, 0) is 0 Å². The smallest absolute Gasteiger partial charge is 0.337 e. The lowest BCUT2D eigenvalue weighted by Gasteiger charge is -2.18. The lowest BCUT2D eigenvalue weighted by molar-refractivity contribution is 0.0697. The molecule has 0 amide bonds. The van der Waals surface area contributed by atoms with Crippen LogP contribution in [0.4, 0.5) is 46.5 Å². The van der Waals surface area contributed by atoms with Gasteiger partial charge in [-0.15, -0.1) is 0 Å². The summed E-state index contributed by atoms with van der Waals surface area (Å²) in [5.74, 6) is -19.7. The molecule has 0 bridgehead atoms. The predicted molar refractivity (Wildman–Crippen MR) is 101 cm³/mol. The fourth-order valence-electron chi connectivity index (χ4n) is 2.71. The molecule has 0 fully saturated rings. The van der Waals surface area contributed by atoms with Gasteiger partial charge in [-0.25, -0.2) is 39.9 Å². The molecule has 3 aromatic rings. The zero-order valence-electron chi connectivity index (χ0n) is 14.6. The van der Waals surface area contributed by atoms with Gasteiger partial charge in [-0.1, -0.05) is 0 Å². The minimum absolute atomic E-state index is 0.111. The quantitative estimate of drug-likeness (QED) is 0.166. The number of nitrogens with one attached hydrogen (secondary N) is 1. The zero-order valence-corrected chi connectivity index (χ0v) is 16.7. The molecule has 2 N–H and O–H groups in total. The average Bonchev–Trinajstić information content (AvgIpc) is 2.71. The minimum Gasteiger partial charge on any atom is -0.478 e. The Bertz CT molecular complexity index is 1220. The molecule has 0 spiro atoms. The van der Waals surface area contributed by atoms with Crippen LogP contribution in [0.2, 0.25) is 0 Å². The van der Waals surface area contributed by atoms with Crippen molar-refractivity contribution in [2.45, 2.75) is 0 Å². The predicted octanol–water partition coefficient (Wildman–Crippen LogP) is 6.51. The van der Waals surface area contributed by atoms with Crippen LogP contribution in [0.3, 0.4) is 0 Å². The Labute approximate surface area is 181 Å². The topological polar surface area (TPSA) is 49.3 Å². The van der Waals surface area contributed by atoms with Crippen LogP contribution < -0.4 is 5.32 Å². The van der Waals surface area contributed by atoms with Crippen molar-refractivity contribution < 1.29 is 45.0 Å². The van der Waals surface area contributed by atoms with Crippen molar-refractivity contribution in [2.24, 2.45) is 0 Å². The number of anilines is 2. The Balaban J connectivity index is 2.45. The highest BCUT2D eigenvalue weighted by Gasteiger charge is 2.33. The number of aromatic carboxylic acids is 1. The fourth-order valence-corrected chi connectivity index (χ4v) is 3.16. The summed E-state index contributed by atoms with van der Waals surface area (Å²) in [5.41, 5.74) is -6.38. The lowest BCUT2D eigenvalue weighted by Crippen LogP contribution is -2.12. The van der Waals surface area contributed by atoms with E-state index in [0.29, 0.717) is 3.57 Å². The molecule has 3 aromatic carbocycles. The number of carbonyl (C=O) groups is 1. The molecule has 0 aromatic heterocycles. The first-order chi connectivity index (χ1) is 14.5. The lowest BCUT2D eigenvalue weighted by atomic mass is 9.96. The summed E-state index contributed by atoms with van der Waals surface area (Å²) in [6, 6.07) is 3.40. The molecule has 12 heteroatoms. The zero-order chi connectivity index (χ0) is 23.2. The molecule has 0 radical (unpaired) electrons. The van der Waals surface area contributed by atoms with Crippen molar-refractivity contribution in [3.05, 3.63) is 79.9 Å². The minimum atomic E-state index is -2.56. The molecular formula is C19H6F8INO2. The normalized spacial score (nSPS) is 11.0. The van der Waals surface area contributed by atoms with Gasteiger partial charge < -0.3 is 10.4 Å². The van der Waals surface area contributed by atoms with Gasteiger partial charge in [-0.05, 0) is 46.9 Å². The summed E-state index contributed by atoms with van der Waals surface area (Å²) >= 11 is 1.73. The number of rotatable bonds is 4. The highest BCUT2D eigenvalue weighted by molar-refractivity contribution is 14.1. The number of hydrogen-bond acceptors (Lipinski definition) is 2. The van der Waals surface area contributed by atoms with Gasteiger partial charge in [0.1, 0.15) is 5.82 Å². The van der Waals surface area contributed by atoms with Crippen molar-refractivity contribution in [1.29, 1.82) is 0 Å². The van der Waals surface area contributed by atoms with Gasteiger partial charge in [-0.3, -0.25) is 0 Å². The molecule has 0 heterocycles. The first kappa shape index (κ1) is 22.8. The first-order valence-corrected chi connectivity index (χ1v) is 9.02. The molecule has 0 saturated heterocycles. The van der Waals surface area contributed by atoms with Gasteiger partial charge in [0.2, 0.25) is 5.82 Å². The Hall–Kier alpha value is -2.90. The average molecular weight is 559 g/mol. The second-order valence-electron chi connectivity index (χ2n) is 5.97. The molecule has 0 aliphatic heterocycles. The number of carboxylic acids is 1. The summed E-state index contributed by atoms with van der Waals surface area (Å²) in [7, 11) is 0. The van der Waals surface area contributed by atoms with Gasteiger partial charge in [0.25, 0.3) is 0 Å². The summed E-state index contributed by atoms with van der Waals surface area (Å²) in [6.07, 6.45) is 0. The van der Waals surface area contributed by atoms with Crippen LogP contribution in [0.25, 0.3) is 11.1 Å². The third-order valence-corrected chi connectivity index (χ3v) is 4.77. The monoisotopic (exact) mass is 559 g/mol. The Morgan fingerprint density at radius 2 is 1.29 bits per heavy atom. The van der Waals surface area contributed by atoms with Gasteiger partial charge >= 0.3 is 5.97 Å². The molecule has 0 saturated carbocycles. The van der Waals surface area contributed by atoms with Gasteiger partial charge in [-0.2, -0.15) is 0 Å². The highest BCUT2D eigenvalue weighted by atomic mass is 127. The second-order valence-corrected chi connectivity index (χ2v) is 7.21. The summed E-state index contributed by atoms with van der Waals surface area (Å²) in [4.78, 5) is 11.5. The molecular weight excluding hydrogens is 553 g/mol. The van der Waals surface area contributed by atoms with Crippen LogP contribution in [0.1, 0.15) is 10.4 Å². The van der Waals surface area contributed by atoms with Crippen molar-refractivity contribution >= 4 is 39.9 Å². The maximum absolute atomic E-state index is 14.6. The molecule has 31 heavy (non-hydrogen) atoms. The van der Waals surface area contributed by atoms with E-state index in [2.05, 4.69) is 5.32 Å². The van der Waals surface area contributed by atoms with Crippen LogP contribution in [0, 0.1) is 50.1 Å². The molecule has 0 aliphatic rings. The van der Waals surface area contributed by atoms with Gasteiger partial charge in [0.05, 0.1) is 28.1 Å². The molecule has 0 atom stereocenters. The van der Waals surface area contributed by atoms with Crippen molar-refractivity contribution in [3.8, 4) is 11.1 Å².